The Morgan fingerprint density at radius 1 is 1.12 bits per heavy atom. The van der Waals surface area contributed by atoms with Gasteiger partial charge in [-0.15, -0.1) is 0 Å². The Kier molecular flexibility index (Phi) is 4.38. The Balaban J connectivity index is 1.60. The van der Waals surface area contributed by atoms with Gasteiger partial charge in [0.25, 0.3) is 0 Å². The van der Waals surface area contributed by atoms with Crippen LogP contribution < -0.4 is 5.32 Å². The molecule has 6 nitrogen and oxygen atoms in total. The average molecular weight is 388 g/mol. The van der Waals surface area contributed by atoms with Gasteiger partial charge in [-0.1, -0.05) is 23.2 Å². The molecule has 1 aliphatic rings. The normalized spacial score (nSPS) is 13.7. The quantitative estimate of drug-likeness (QED) is 0.621. The van der Waals surface area contributed by atoms with E-state index in [1.807, 2.05) is 6.07 Å². The van der Waals surface area contributed by atoms with Crippen molar-refractivity contribution in [2.75, 3.05) is 5.32 Å². The number of hydrogen-bond donors (Lipinski definition) is 2. The first-order valence-corrected chi connectivity index (χ1v) is 8.93. The molecule has 132 valence electrons. The van der Waals surface area contributed by atoms with Gasteiger partial charge < -0.3 is 5.32 Å². The van der Waals surface area contributed by atoms with Crippen molar-refractivity contribution >= 4 is 40.6 Å². The third-order valence-electron chi connectivity index (χ3n) is 4.11. The lowest BCUT2D eigenvalue weighted by Crippen LogP contribution is -2.10. The number of H-pyrrole nitrogens is 1. The van der Waals surface area contributed by atoms with Gasteiger partial charge in [-0.3, -0.25) is 9.89 Å². The first-order chi connectivity index (χ1) is 12.5. The van der Waals surface area contributed by atoms with Crippen LogP contribution >= 0.6 is 23.2 Å². The van der Waals surface area contributed by atoms with E-state index < -0.39 is 0 Å². The number of benzene rings is 1. The lowest BCUT2D eigenvalue weighted by molar-refractivity contribution is 0.102. The van der Waals surface area contributed by atoms with Gasteiger partial charge in [0.15, 0.2) is 5.82 Å². The van der Waals surface area contributed by atoms with Crippen LogP contribution in [0.2, 0.25) is 10.0 Å². The zero-order valence-electron chi connectivity index (χ0n) is 13.9. The average Bonchev–Trinajstić information content (AvgIpc) is 3.36. The Labute approximate surface area is 160 Å². The number of hydrogen-bond acceptors (Lipinski definition) is 5. The van der Waals surface area contributed by atoms with E-state index in [9.17, 15) is 4.79 Å². The highest BCUT2D eigenvalue weighted by atomic mass is 35.5. The van der Waals surface area contributed by atoms with Gasteiger partial charge in [0, 0.05) is 35.0 Å². The van der Waals surface area contributed by atoms with Crippen molar-refractivity contribution in [3.05, 3.63) is 63.2 Å². The molecule has 0 atom stereocenters. The maximum atomic E-state index is 12.7. The molecule has 2 heterocycles. The number of aromatic amines is 1. The number of nitrogens with one attached hydrogen (secondary N) is 2. The van der Waals surface area contributed by atoms with Gasteiger partial charge in [-0.2, -0.15) is 5.10 Å². The highest BCUT2D eigenvalue weighted by Crippen LogP contribution is 2.39. The third-order valence-corrected chi connectivity index (χ3v) is 4.85. The van der Waals surface area contributed by atoms with Gasteiger partial charge in [0.2, 0.25) is 11.6 Å². The lowest BCUT2D eigenvalue weighted by atomic mass is 10.1. The van der Waals surface area contributed by atoms with E-state index in [2.05, 4.69) is 25.5 Å². The molecule has 4 rings (SSSR count). The van der Waals surface area contributed by atoms with Gasteiger partial charge in [-0.25, -0.2) is 9.97 Å². The van der Waals surface area contributed by atoms with Crippen LogP contribution in [0.5, 0.6) is 0 Å². The van der Waals surface area contributed by atoms with E-state index in [0.29, 0.717) is 38.9 Å². The molecule has 0 saturated heterocycles. The molecule has 1 fully saturated rings. The molecule has 2 aromatic heterocycles. The van der Waals surface area contributed by atoms with Crippen molar-refractivity contribution in [1.29, 1.82) is 0 Å². The molecule has 0 unspecified atom stereocenters. The molecular weight excluding hydrogens is 373 g/mol. The molecule has 1 aliphatic carbocycles. The minimum atomic E-state index is -0.323. The minimum Gasteiger partial charge on any atom is -0.323 e. The Hall–Kier alpha value is -2.44. The van der Waals surface area contributed by atoms with Crippen molar-refractivity contribution < 1.29 is 4.79 Å². The monoisotopic (exact) mass is 387 g/mol. The minimum absolute atomic E-state index is 0.0869. The summed E-state index contributed by atoms with van der Waals surface area (Å²) in [6, 6.07) is 8.42. The first-order valence-electron chi connectivity index (χ1n) is 8.17. The highest BCUT2D eigenvalue weighted by molar-refractivity contribution is 6.42. The number of aryl methyl sites for hydroxylation is 1. The van der Waals surface area contributed by atoms with Crippen LogP contribution in [0.15, 0.2) is 30.3 Å². The fraction of sp³-hybridized carbons (Fsp3) is 0.222. The maximum Gasteiger partial charge on any atom is 0.230 e. The van der Waals surface area contributed by atoms with E-state index >= 15 is 0 Å². The largest absolute Gasteiger partial charge is 0.323 e. The molecule has 8 heteroatoms. The molecule has 0 radical (unpaired) electrons. The number of carbonyl (C=O) groups excluding carboxylic acids is 1. The summed E-state index contributed by atoms with van der Waals surface area (Å²) < 4.78 is 0. The van der Waals surface area contributed by atoms with Gasteiger partial charge in [0.05, 0.1) is 10.0 Å². The maximum absolute atomic E-state index is 12.7. The highest BCUT2D eigenvalue weighted by Gasteiger charge is 2.25. The number of carbonyl (C=O) groups is 1. The van der Waals surface area contributed by atoms with Crippen LogP contribution in [0.25, 0.3) is 0 Å². The second-order valence-electron chi connectivity index (χ2n) is 6.28. The summed E-state index contributed by atoms with van der Waals surface area (Å²) in [7, 11) is 0. The fourth-order valence-electron chi connectivity index (χ4n) is 2.64. The molecule has 0 aliphatic heterocycles. The van der Waals surface area contributed by atoms with Gasteiger partial charge in [0.1, 0.15) is 5.82 Å². The Morgan fingerprint density at radius 3 is 2.65 bits per heavy atom. The topological polar surface area (TPSA) is 83.6 Å². The standard InChI is InChI=1S/C18H15Cl2N5O/c1-9-6-15(22-16-8-14(24-25-16)10-2-3-10)23-18(21-9)17(26)11-4-5-12(19)13(20)7-11/h4-8,10H,2-3H2,1H3,(H2,21,22,23,24,25). The number of ketones is 1. The summed E-state index contributed by atoms with van der Waals surface area (Å²) in [4.78, 5) is 21.3. The molecule has 0 amide bonds. The van der Waals surface area contributed by atoms with Crippen molar-refractivity contribution in [1.82, 2.24) is 20.2 Å². The second-order valence-corrected chi connectivity index (χ2v) is 7.10. The Morgan fingerprint density at radius 2 is 1.92 bits per heavy atom. The number of nitrogens with zero attached hydrogens (tertiary/aromatic N) is 3. The predicted molar refractivity (Wildman–Crippen MR) is 101 cm³/mol. The number of anilines is 2. The van der Waals surface area contributed by atoms with Crippen LogP contribution in [-0.4, -0.2) is 25.9 Å². The van der Waals surface area contributed by atoms with Crippen molar-refractivity contribution in [3.63, 3.8) is 0 Å². The number of rotatable bonds is 5. The summed E-state index contributed by atoms with van der Waals surface area (Å²) in [6.45, 7) is 1.80. The van der Waals surface area contributed by atoms with Crippen LogP contribution in [0.3, 0.4) is 0 Å². The molecule has 0 spiro atoms. The van der Waals surface area contributed by atoms with Crippen molar-refractivity contribution in [3.8, 4) is 0 Å². The van der Waals surface area contributed by atoms with Crippen LogP contribution in [-0.2, 0) is 0 Å². The van der Waals surface area contributed by atoms with Crippen LogP contribution in [0, 0.1) is 6.92 Å². The lowest BCUT2D eigenvalue weighted by Gasteiger charge is -2.07. The zero-order valence-corrected chi connectivity index (χ0v) is 15.4. The molecule has 1 saturated carbocycles. The van der Waals surface area contributed by atoms with Crippen LogP contribution in [0.1, 0.15) is 46.3 Å². The third kappa shape index (κ3) is 3.57. The van der Waals surface area contributed by atoms with Gasteiger partial charge >= 0.3 is 0 Å². The predicted octanol–water partition coefficient (Wildman–Crippen LogP) is 4.67. The summed E-state index contributed by atoms with van der Waals surface area (Å²) in [5, 5.41) is 11.1. The van der Waals surface area contributed by atoms with E-state index in [1.165, 1.54) is 18.9 Å². The zero-order chi connectivity index (χ0) is 18.3. The molecule has 0 bridgehead atoms. The second kappa shape index (κ2) is 6.70. The number of aromatic nitrogens is 4. The van der Waals surface area contributed by atoms with Gasteiger partial charge in [-0.05, 0) is 38.0 Å². The van der Waals surface area contributed by atoms with E-state index in [-0.39, 0.29) is 11.6 Å². The summed E-state index contributed by atoms with van der Waals surface area (Å²) in [5.74, 6) is 1.52. The van der Waals surface area contributed by atoms with E-state index in [0.717, 1.165) is 5.69 Å². The smallest absolute Gasteiger partial charge is 0.230 e. The van der Waals surface area contributed by atoms with E-state index in [1.54, 1.807) is 25.1 Å². The van der Waals surface area contributed by atoms with Crippen molar-refractivity contribution in [2.45, 2.75) is 25.7 Å². The Bertz CT molecular complexity index is 997. The molecule has 3 aromatic rings. The first kappa shape index (κ1) is 17.0. The fourth-order valence-corrected chi connectivity index (χ4v) is 2.93. The summed E-state index contributed by atoms with van der Waals surface area (Å²) >= 11 is 11.9. The van der Waals surface area contributed by atoms with Crippen molar-refractivity contribution in [2.24, 2.45) is 0 Å². The van der Waals surface area contributed by atoms with E-state index in [4.69, 9.17) is 23.2 Å². The number of halogens is 2. The molecule has 1 aromatic carbocycles. The molecule has 2 N–H and O–H groups in total. The molecular formula is C18H15Cl2N5O. The summed E-state index contributed by atoms with van der Waals surface area (Å²) in [6.07, 6.45) is 2.38. The molecule has 26 heavy (non-hydrogen) atoms. The summed E-state index contributed by atoms with van der Waals surface area (Å²) in [5.41, 5.74) is 2.17. The SMILES string of the molecule is Cc1cc(Nc2cc(C3CC3)[nH]n2)nc(C(=O)c2ccc(Cl)c(Cl)c2)n1. The van der Waals surface area contributed by atoms with Crippen LogP contribution in [0.4, 0.5) is 11.6 Å².